The van der Waals surface area contributed by atoms with E-state index in [2.05, 4.69) is 75.9 Å². The molecule has 0 saturated carbocycles. The minimum atomic E-state index is 0.630. The Morgan fingerprint density at radius 2 is 1.87 bits per heavy atom. The second-order valence-electron chi connectivity index (χ2n) is 7.49. The van der Waals surface area contributed by atoms with Crippen molar-refractivity contribution < 1.29 is 0 Å². The van der Waals surface area contributed by atoms with Crippen LogP contribution >= 0.6 is 0 Å². The third-order valence-corrected chi connectivity index (χ3v) is 5.25. The van der Waals surface area contributed by atoms with Crippen LogP contribution in [0.3, 0.4) is 0 Å². The molecule has 2 atom stereocenters. The summed E-state index contributed by atoms with van der Waals surface area (Å²) in [4.78, 5) is 0. The molecule has 0 bridgehead atoms. The van der Waals surface area contributed by atoms with E-state index in [1.165, 1.54) is 41.5 Å². The average molecular weight is 304 g/mol. The van der Waals surface area contributed by atoms with Gasteiger partial charge in [0.15, 0.2) is 0 Å². The smallest absolute Gasteiger partial charge is 0.00524 e. The van der Waals surface area contributed by atoms with Gasteiger partial charge in [-0.2, -0.15) is 0 Å². The van der Waals surface area contributed by atoms with Crippen molar-refractivity contribution in [2.24, 2.45) is 5.92 Å². The summed E-state index contributed by atoms with van der Waals surface area (Å²) in [5.74, 6) is 2.04. The first-order valence-corrected chi connectivity index (χ1v) is 8.90. The van der Waals surface area contributed by atoms with Crippen molar-refractivity contribution in [3.8, 4) is 0 Å². The topological polar surface area (TPSA) is 0 Å². The zero-order valence-corrected chi connectivity index (χ0v) is 14.7. The summed E-state index contributed by atoms with van der Waals surface area (Å²) >= 11 is 0. The summed E-state index contributed by atoms with van der Waals surface area (Å²) in [5, 5.41) is 0. The van der Waals surface area contributed by atoms with Gasteiger partial charge in [-0.15, -0.1) is 0 Å². The van der Waals surface area contributed by atoms with Crippen LogP contribution in [0.5, 0.6) is 0 Å². The van der Waals surface area contributed by atoms with Gasteiger partial charge in [0.1, 0.15) is 0 Å². The standard InChI is InChI=1S/C23H28/c1-16(2)10-13-21-22(18-8-6-5-7-9-18)15-20-12-11-19(17(3)4)14-23(20)21/h5-9,11-12,14,16,21-22H,3,10,13,15H2,1-2,4H3. The number of rotatable bonds is 5. The minimum absolute atomic E-state index is 0.630. The van der Waals surface area contributed by atoms with Crippen LogP contribution in [0.25, 0.3) is 5.57 Å². The summed E-state index contributed by atoms with van der Waals surface area (Å²) < 4.78 is 0. The maximum atomic E-state index is 4.13. The normalized spacial score (nSPS) is 19.8. The fraction of sp³-hybridized carbons (Fsp3) is 0.391. The van der Waals surface area contributed by atoms with E-state index >= 15 is 0 Å². The SMILES string of the molecule is C=C(C)c1ccc2c(c1)C(CCC(C)C)C(c1ccccc1)C2. The molecule has 0 radical (unpaired) electrons. The molecule has 0 saturated heterocycles. The summed E-state index contributed by atoms with van der Waals surface area (Å²) in [7, 11) is 0. The Hall–Kier alpha value is -1.82. The van der Waals surface area contributed by atoms with E-state index in [0.717, 1.165) is 5.92 Å². The third-order valence-electron chi connectivity index (χ3n) is 5.25. The molecule has 2 unspecified atom stereocenters. The summed E-state index contributed by atoms with van der Waals surface area (Å²) in [6.07, 6.45) is 3.76. The van der Waals surface area contributed by atoms with Crippen LogP contribution in [-0.2, 0) is 6.42 Å². The Balaban J connectivity index is 1.97. The highest BCUT2D eigenvalue weighted by atomic mass is 14.4. The molecule has 0 N–H and O–H groups in total. The Labute approximate surface area is 141 Å². The summed E-state index contributed by atoms with van der Waals surface area (Å²) in [6, 6.07) is 18.1. The van der Waals surface area contributed by atoms with Crippen LogP contribution in [0.2, 0.25) is 0 Å². The molecule has 2 aromatic carbocycles. The maximum absolute atomic E-state index is 4.13. The van der Waals surface area contributed by atoms with Crippen LogP contribution in [-0.4, -0.2) is 0 Å². The van der Waals surface area contributed by atoms with Crippen LogP contribution < -0.4 is 0 Å². The van der Waals surface area contributed by atoms with E-state index in [0.29, 0.717) is 11.8 Å². The molecule has 3 rings (SSSR count). The molecule has 0 aromatic heterocycles. The lowest BCUT2D eigenvalue weighted by Crippen LogP contribution is -2.07. The van der Waals surface area contributed by atoms with Crippen molar-refractivity contribution in [3.63, 3.8) is 0 Å². The Morgan fingerprint density at radius 3 is 2.52 bits per heavy atom. The molecule has 0 heteroatoms. The van der Waals surface area contributed by atoms with Crippen molar-refractivity contribution in [3.05, 3.63) is 77.4 Å². The second-order valence-corrected chi connectivity index (χ2v) is 7.49. The van der Waals surface area contributed by atoms with Crippen molar-refractivity contribution >= 4 is 5.57 Å². The predicted molar refractivity (Wildman–Crippen MR) is 101 cm³/mol. The Bertz CT molecular complexity index is 678. The molecule has 2 aromatic rings. The van der Waals surface area contributed by atoms with Gasteiger partial charge in [0.05, 0.1) is 0 Å². The van der Waals surface area contributed by atoms with Gasteiger partial charge < -0.3 is 0 Å². The molecule has 0 aliphatic heterocycles. The number of benzene rings is 2. The first kappa shape index (κ1) is 16.1. The summed E-state index contributed by atoms with van der Waals surface area (Å²) in [6.45, 7) is 10.9. The van der Waals surface area contributed by atoms with Gasteiger partial charge >= 0.3 is 0 Å². The molecule has 0 nitrogen and oxygen atoms in total. The zero-order chi connectivity index (χ0) is 16.4. The average Bonchev–Trinajstić information content (AvgIpc) is 2.91. The molecule has 1 aliphatic carbocycles. The van der Waals surface area contributed by atoms with Gasteiger partial charge in [0.2, 0.25) is 0 Å². The second kappa shape index (κ2) is 6.74. The number of allylic oxidation sites excluding steroid dienone is 1. The number of fused-ring (bicyclic) bond motifs is 1. The van der Waals surface area contributed by atoms with E-state index in [1.807, 2.05) is 0 Å². The third kappa shape index (κ3) is 3.42. The first-order valence-electron chi connectivity index (χ1n) is 8.90. The molecule has 0 fully saturated rings. The van der Waals surface area contributed by atoms with Gasteiger partial charge in [-0.1, -0.05) is 81.0 Å². The van der Waals surface area contributed by atoms with Gasteiger partial charge in [-0.25, -0.2) is 0 Å². The molecular weight excluding hydrogens is 276 g/mol. The van der Waals surface area contributed by atoms with Crippen LogP contribution in [0.15, 0.2) is 55.1 Å². The van der Waals surface area contributed by atoms with Gasteiger partial charge in [-0.3, -0.25) is 0 Å². The molecule has 0 heterocycles. The fourth-order valence-corrected chi connectivity index (χ4v) is 3.91. The highest BCUT2D eigenvalue weighted by molar-refractivity contribution is 5.63. The quantitative estimate of drug-likeness (QED) is 0.585. The zero-order valence-electron chi connectivity index (χ0n) is 14.7. The monoisotopic (exact) mass is 304 g/mol. The minimum Gasteiger partial charge on any atom is -0.0955 e. The van der Waals surface area contributed by atoms with Crippen molar-refractivity contribution in [2.45, 2.75) is 51.9 Å². The van der Waals surface area contributed by atoms with Crippen LogP contribution in [0, 0.1) is 5.92 Å². The van der Waals surface area contributed by atoms with Crippen molar-refractivity contribution in [2.75, 3.05) is 0 Å². The molecule has 0 amide bonds. The number of hydrogen-bond donors (Lipinski definition) is 0. The van der Waals surface area contributed by atoms with E-state index in [-0.39, 0.29) is 0 Å². The lowest BCUT2D eigenvalue weighted by molar-refractivity contribution is 0.465. The van der Waals surface area contributed by atoms with E-state index in [9.17, 15) is 0 Å². The molecule has 0 spiro atoms. The highest BCUT2D eigenvalue weighted by Crippen LogP contribution is 2.47. The fourth-order valence-electron chi connectivity index (χ4n) is 3.91. The maximum Gasteiger partial charge on any atom is -0.00524 e. The van der Waals surface area contributed by atoms with Gasteiger partial charge in [-0.05, 0) is 59.8 Å². The Morgan fingerprint density at radius 1 is 1.13 bits per heavy atom. The molecule has 23 heavy (non-hydrogen) atoms. The van der Waals surface area contributed by atoms with Gasteiger partial charge in [0.25, 0.3) is 0 Å². The highest BCUT2D eigenvalue weighted by Gasteiger charge is 2.33. The first-order chi connectivity index (χ1) is 11.1. The predicted octanol–water partition coefficient (Wildman–Crippen LogP) is 6.58. The largest absolute Gasteiger partial charge is 0.0955 e. The van der Waals surface area contributed by atoms with Crippen molar-refractivity contribution in [1.29, 1.82) is 0 Å². The van der Waals surface area contributed by atoms with Gasteiger partial charge in [0, 0.05) is 0 Å². The summed E-state index contributed by atoms with van der Waals surface area (Å²) in [5.41, 5.74) is 7.07. The number of hydrogen-bond acceptors (Lipinski definition) is 0. The van der Waals surface area contributed by atoms with Crippen LogP contribution in [0.4, 0.5) is 0 Å². The van der Waals surface area contributed by atoms with E-state index in [1.54, 1.807) is 5.56 Å². The molecular formula is C23H28. The Kier molecular flexibility index (Phi) is 4.71. The van der Waals surface area contributed by atoms with E-state index < -0.39 is 0 Å². The molecule has 1 aliphatic rings. The van der Waals surface area contributed by atoms with Crippen molar-refractivity contribution in [1.82, 2.24) is 0 Å². The lowest BCUT2D eigenvalue weighted by atomic mass is 9.82. The lowest BCUT2D eigenvalue weighted by Gasteiger charge is -2.22. The van der Waals surface area contributed by atoms with E-state index in [4.69, 9.17) is 0 Å². The van der Waals surface area contributed by atoms with Crippen LogP contribution in [0.1, 0.15) is 67.7 Å². The molecule has 120 valence electrons.